The first-order chi connectivity index (χ1) is 35.6. The third kappa shape index (κ3) is 14.8. The van der Waals surface area contributed by atoms with Crippen LogP contribution in [-0.4, -0.2) is 116 Å². The zero-order valence-corrected chi connectivity index (χ0v) is 45.5. The molecule has 0 aliphatic carbocycles. The van der Waals surface area contributed by atoms with Crippen LogP contribution in [0, 0.1) is 5.41 Å². The molecule has 9 rings (SSSR count). The molecule has 0 saturated carbocycles. The summed E-state index contributed by atoms with van der Waals surface area (Å²) in [4.78, 5) is 52.7. The molecular weight excluding hydrogens is 933 g/mol. The van der Waals surface area contributed by atoms with Gasteiger partial charge in [-0.05, 0) is 138 Å². The number of amides is 2. The number of piperidine rings is 3. The lowest BCUT2D eigenvalue weighted by molar-refractivity contribution is -0.143. The van der Waals surface area contributed by atoms with Crippen molar-refractivity contribution in [2.45, 2.75) is 155 Å². The van der Waals surface area contributed by atoms with Gasteiger partial charge >= 0.3 is 11.9 Å². The number of rotatable bonds is 13. The molecule has 2 N–H and O–H groups in total. The number of benzene rings is 3. The highest BCUT2D eigenvalue weighted by atomic mass is 16.5. The van der Waals surface area contributed by atoms with E-state index < -0.39 is 5.60 Å². The summed E-state index contributed by atoms with van der Waals surface area (Å²) in [5.74, 6) is 3.17. The van der Waals surface area contributed by atoms with Crippen molar-refractivity contribution in [3.05, 3.63) is 102 Å². The van der Waals surface area contributed by atoms with Crippen molar-refractivity contribution in [2.75, 3.05) is 65.6 Å². The van der Waals surface area contributed by atoms with E-state index in [1.54, 1.807) is 0 Å². The first-order valence-corrected chi connectivity index (χ1v) is 27.7. The summed E-state index contributed by atoms with van der Waals surface area (Å²) in [5.41, 5.74) is 4.83. The van der Waals surface area contributed by atoms with E-state index in [4.69, 9.17) is 23.7 Å². The summed E-state index contributed by atoms with van der Waals surface area (Å²) in [5, 5.41) is 6.81. The number of likely N-dealkylation sites (tertiary alicyclic amines) is 1. The number of allylic oxidation sites excluding steroid dienone is 1. The smallest absolute Gasteiger partial charge is 0.310 e. The molecule has 402 valence electrons. The highest BCUT2D eigenvalue weighted by Crippen LogP contribution is 2.47. The molecule has 1 unspecified atom stereocenters. The molecule has 74 heavy (non-hydrogen) atoms. The second-order valence-electron chi connectivity index (χ2n) is 21.9. The molecule has 13 nitrogen and oxygen atoms in total. The van der Waals surface area contributed by atoms with Crippen LogP contribution in [0.5, 0.6) is 17.2 Å². The van der Waals surface area contributed by atoms with Crippen molar-refractivity contribution in [3.8, 4) is 17.2 Å². The number of hydrogen-bond donors (Lipinski definition) is 2. The SMILES string of the molecule is CCN(CC)C(=O)CC1CC2(CCNCC2)Oc2ccccc21.CCOC(=O)CC1=CC2(CCN(C(=O)CC(C)(C)C)CC2)Oc2ccccc21.CCOC(=O)CCCC1=CC2(CCNCC2)Oc2ccccc21. The quantitative estimate of drug-likeness (QED) is 0.158. The molecule has 6 heterocycles. The lowest BCUT2D eigenvalue weighted by Gasteiger charge is -2.45. The summed E-state index contributed by atoms with van der Waals surface area (Å²) in [6.45, 7) is 21.7. The largest absolute Gasteiger partial charge is 0.487 e. The minimum Gasteiger partial charge on any atom is -0.487 e. The van der Waals surface area contributed by atoms with Crippen molar-refractivity contribution in [1.82, 2.24) is 20.4 Å². The molecule has 3 aromatic carbocycles. The van der Waals surface area contributed by atoms with Crippen LogP contribution >= 0.6 is 0 Å². The van der Waals surface area contributed by atoms with E-state index in [1.807, 2.05) is 80.0 Å². The van der Waals surface area contributed by atoms with Gasteiger partial charge in [-0.2, -0.15) is 0 Å². The number of nitrogens with one attached hydrogen (secondary N) is 2. The zero-order valence-electron chi connectivity index (χ0n) is 45.5. The molecule has 13 heteroatoms. The van der Waals surface area contributed by atoms with Gasteiger partial charge in [0.25, 0.3) is 0 Å². The number of ether oxygens (including phenoxy) is 5. The fourth-order valence-corrected chi connectivity index (χ4v) is 11.4. The Hall–Kier alpha value is -5.66. The summed E-state index contributed by atoms with van der Waals surface area (Å²) >= 11 is 0. The average Bonchev–Trinajstić information content (AvgIpc) is 3.37. The molecular formula is C61H84N4O9. The van der Waals surface area contributed by atoms with Crippen LogP contribution in [0.25, 0.3) is 11.1 Å². The van der Waals surface area contributed by atoms with Crippen LogP contribution in [0.1, 0.15) is 155 Å². The fourth-order valence-electron chi connectivity index (χ4n) is 11.4. The number of para-hydroxylation sites is 3. The zero-order chi connectivity index (χ0) is 52.8. The number of carbonyl (C=O) groups is 4. The van der Waals surface area contributed by atoms with E-state index >= 15 is 0 Å². The van der Waals surface area contributed by atoms with Gasteiger partial charge in [-0.15, -0.1) is 0 Å². The lowest BCUT2D eigenvalue weighted by atomic mass is 9.76. The van der Waals surface area contributed by atoms with Crippen LogP contribution in [0.2, 0.25) is 0 Å². The Kier molecular flexibility index (Phi) is 19.5. The van der Waals surface area contributed by atoms with Gasteiger partial charge in [-0.3, -0.25) is 19.2 Å². The molecule has 2 amide bonds. The van der Waals surface area contributed by atoms with Crippen LogP contribution in [0.3, 0.4) is 0 Å². The van der Waals surface area contributed by atoms with Crippen molar-refractivity contribution < 1.29 is 42.9 Å². The number of hydrogen-bond acceptors (Lipinski definition) is 11. The molecule has 3 saturated heterocycles. The van der Waals surface area contributed by atoms with Crippen LogP contribution in [0.4, 0.5) is 0 Å². The van der Waals surface area contributed by atoms with Gasteiger partial charge in [0, 0.05) is 88.2 Å². The maximum Gasteiger partial charge on any atom is 0.310 e. The van der Waals surface area contributed by atoms with Crippen molar-refractivity contribution in [1.29, 1.82) is 0 Å². The molecule has 0 bridgehead atoms. The molecule has 6 aliphatic rings. The van der Waals surface area contributed by atoms with Crippen molar-refractivity contribution >= 4 is 34.9 Å². The number of fused-ring (bicyclic) bond motifs is 3. The Morgan fingerprint density at radius 2 is 1.19 bits per heavy atom. The van der Waals surface area contributed by atoms with E-state index in [2.05, 4.69) is 73.9 Å². The van der Waals surface area contributed by atoms with Gasteiger partial charge in [-0.25, -0.2) is 0 Å². The Morgan fingerprint density at radius 3 is 1.78 bits per heavy atom. The number of esters is 2. The van der Waals surface area contributed by atoms with Gasteiger partial charge in [0.1, 0.15) is 34.1 Å². The normalized spacial score (nSPS) is 19.6. The Morgan fingerprint density at radius 1 is 0.662 bits per heavy atom. The minimum atomic E-state index is -0.464. The number of nitrogens with zero attached hydrogens (tertiary/aromatic N) is 2. The van der Waals surface area contributed by atoms with Gasteiger partial charge in [0.05, 0.1) is 19.6 Å². The Balaban J connectivity index is 0.000000163. The molecule has 3 fully saturated rings. The van der Waals surface area contributed by atoms with E-state index in [9.17, 15) is 19.2 Å². The lowest BCUT2D eigenvalue weighted by Crippen LogP contribution is -2.50. The molecule has 1 atom stereocenters. The predicted octanol–water partition coefficient (Wildman–Crippen LogP) is 10.5. The van der Waals surface area contributed by atoms with E-state index in [1.165, 1.54) is 16.7 Å². The molecule has 3 aromatic rings. The first-order valence-electron chi connectivity index (χ1n) is 27.7. The third-order valence-corrected chi connectivity index (χ3v) is 15.2. The van der Waals surface area contributed by atoms with Crippen LogP contribution < -0.4 is 24.8 Å². The fraction of sp³-hybridized carbons (Fsp3) is 0.574. The average molecular weight is 1020 g/mol. The van der Waals surface area contributed by atoms with Gasteiger partial charge in [0.2, 0.25) is 11.8 Å². The highest BCUT2D eigenvalue weighted by Gasteiger charge is 2.43. The van der Waals surface area contributed by atoms with Crippen LogP contribution in [0.15, 0.2) is 84.9 Å². The van der Waals surface area contributed by atoms with Crippen molar-refractivity contribution in [2.24, 2.45) is 5.41 Å². The molecule has 0 aromatic heterocycles. The maximum atomic E-state index is 12.6. The summed E-state index contributed by atoms with van der Waals surface area (Å²) in [6, 6.07) is 24.3. The number of carbonyl (C=O) groups excluding carboxylic acids is 4. The second-order valence-corrected chi connectivity index (χ2v) is 21.9. The van der Waals surface area contributed by atoms with E-state index in [-0.39, 0.29) is 52.7 Å². The van der Waals surface area contributed by atoms with E-state index in [0.29, 0.717) is 45.6 Å². The predicted molar refractivity (Wildman–Crippen MR) is 291 cm³/mol. The monoisotopic (exact) mass is 1020 g/mol. The Labute approximate surface area is 441 Å². The second kappa shape index (κ2) is 25.7. The molecule has 6 aliphatic heterocycles. The van der Waals surface area contributed by atoms with Gasteiger partial charge in [0.15, 0.2) is 0 Å². The van der Waals surface area contributed by atoms with Gasteiger partial charge < -0.3 is 44.1 Å². The summed E-state index contributed by atoms with van der Waals surface area (Å²) < 4.78 is 29.3. The summed E-state index contributed by atoms with van der Waals surface area (Å²) in [6.07, 6.45) is 14.4. The van der Waals surface area contributed by atoms with Gasteiger partial charge in [-0.1, -0.05) is 75.4 Å². The summed E-state index contributed by atoms with van der Waals surface area (Å²) in [7, 11) is 0. The Bertz CT molecular complexity index is 2430. The van der Waals surface area contributed by atoms with E-state index in [0.717, 1.165) is 125 Å². The standard InChI is InChI=1S/C23H31NO4.C19H28N2O2.C19H25NO3/c1-5-27-21(26)14-17-15-23(28-19-9-7-6-8-18(17)19)10-12-24(13-11-23)20(25)16-22(2,3)4;1-3-21(4-2)18(22)13-15-14-19(9-11-20-12-10-19)23-17-8-6-5-7-16(15)17;1-2-22-18(21)9-5-6-15-14-19(10-12-20-13-11-19)23-17-8-4-3-7-16(15)17/h6-9,15H,5,10-14,16H2,1-4H3;5-8,15,20H,3-4,9-14H2,1-2H3;3-4,7-8,14,20H,2,5-6,9-13H2,1H3. The molecule has 0 radical (unpaired) electrons. The highest BCUT2D eigenvalue weighted by molar-refractivity contribution is 5.88. The van der Waals surface area contributed by atoms with Crippen molar-refractivity contribution in [3.63, 3.8) is 0 Å². The van der Waals surface area contributed by atoms with Crippen LogP contribution in [-0.2, 0) is 28.7 Å². The third-order valence-electron chi connectivity index (χ3n) is 15.2. The first kappa shape index (κ1) is 56.1. The topological polar surface area (TPSA) is 145 Å². The minimum absolute atomic E-state index is 0.0147. The molecule has 3 spiro atoms. The maximum absolute atomic E-state index is 12.6.